The first-order valence-electron chi connectivity index (χ1n) is 11.9. The van der Waals surface area contributed by atoms with Gasteiger partial charge in [-0.15, -0.1) is 0 Å². The second-order valence-electron chi connectivity index (χ2n) is 9.28. The molecule has 1 saturated heterocycles. The minimum Gasteiger partial charge on any atom is -0.455 e. The molecule has 0 aromatic rings. The van der Waals surface area contributed by atoms with Crippen LogP contribution in [0.1, 0.15) is 53.9 Å². The number of hydrogen-bond acceptors (Lipinski definition) is 5. The molecule has 182 valence electrons. The lowest BCUT2D eigenvalue weighted by Gasteiger charge is -2.38. The summed E-state index contributed by atoms with van der Waals surface area (Å²) in [7, 11) is 0. The summed E-state index contributed by atoms with van der Waals surface area (Å²) >= 11 is 0. The van der Waals surface area contributed by atoms with Gasteiger partial charge in [0.2, 0.25) is 0 Å². The molecule has 0 radical (unpaired) electrons. The lowest BCUT2D eigenvalue weighted by Crippen LogP contribution is -2.46. The number of carbonyl (C=O) groups excluding carboxylic acids is 1. The van der Waals surface area contributed by atoms with Gasteiger partial charge in [0.25, 0.3) is 0 Å². The van der Waals surface area contributed by atoms with Gasteiger partial charge in [0.15, 0.2) is 0 Å². The van der Waals surface area contributed by atoms with Crippen molar-refractivity contribution >= 4 is 5.97 Å². The summed E-state index contributed by atoms with van der Waals surface area (Å²) in [6.45, 7) is 10.2. The Morgan fingerprint density at radius 1 is 1.30 bits per heavy atom. The van der Waals surface area contributed by atoms with Crippen LogP contribution in [0.3, 0.4) is 0 Å². The molecule has 0 aliphatic carbocycles. The first-order chi connectivity index (χ1) is 15.7. The predicted molar refractivity (Wildman–Crippen MR) is 132 cm³/mol. The Kier molecular flexibility index (Phi) is 11.0. The van der Waals surface area contributed by atoms with E-state index in [1.165, 1.54) is 11.6 Å². The largest absolute Gasteiger partial charge is 0.455 e. The van der Waals surface area contributed by atoms with E-state index < -0.39 is 18.3 Å². The van der Waals surface area contributed by atoms with E-state index in [1.807, 2.05) is 63.3 Å². The van der Waals surface area contributed by atoms with E-state index in [4.69, 9.17) is 9.47 Å². The van der Waals surface area contributed by atoms with Crippen LogP contribution in [0.4, 0.5) is 0 Å². The van der Waals surface area contributed by atoms with Crippen molar-refractivity contribution in [2.45, 2.75) is 84.4 Å². The molecule has 5 nitrogen and oxygen atoms in total. The molecule has 1 fully saturated rings. The van der Waals surface area contributed by atoms with Crippen molar-refractivity contribution in [1.29, 1.82) is 0 Å². The Morgan fingerprint density at radius 3 is 2.76 bits per heavy atom. The molecule has 0 bridgehead atoms. The fourth-order valence-electron chi connectivity index (χ4n) is 4.19. The maximum atomic E-state index is 11.3. The lowest BCUT2D eigenvalue weighted by molar-refractivity contribution is -0.141. The SMILES string of the molecule is C/C=C/[C@H]1O[C@@H](C(O)/C=C/C=C(\C)[13CH2]C(C)/[13CH]=C(C)\[13CH]=C\C2CC=CC(=O)O2)C[13C@H](O)[C@H]1C. The maximum Gasteiger partial charge on any atom is 0.331 e. The topological polar surface area (TPSA) is 76.0 Å². The molecule has 3 unspecified atom stereocenters. The van der Waals surface area contributed by atoms with E-state index in [0.29, 0.717) is 18.8 Å². The van der Waals surface area contributed by atoms with Crippen molar-refractivity contribution < 1.29 is 24.5 Å². The minimum absolute atomic E-state index is 0.0122. The van der Waals surface area contributed by atoms with Crippen molar-refractivity contribution in [2.75, 3.05) is 0 Å². The third kappa shape index (κ3) is 9.28. The third-order valence-electron chi connectivity index (χ3n) is 6.04. The maximum absolute atomic E-state index is 11.3. The van der Waals surface area contributed by atoms with E-state index in [9.17, 15) is 15.0 Å². The summed E-state index contributed by atoms with van der Waals surface area (Å²) in [6, 6.07) is 0. The molecule has 33 heavy (non-hydrogen) atoms. The summed E-state index contributed by atoms with van der Waals surface area (Å²) in [5.41, 5.74) is 2.33. The highest BCUT2D eigenvalue weighted by Crippen LogP contribution is 2.28. The average Bonchev–Trinajstić information content (AvgIpc) is 2.75. The summed E-state index contributed by atoms with van der Waals surface area (Å²) in [6.07, 6.45) is 18.9. The second kappa shape index (κ2) is 13.5. The Balaban J connectivity index is 1.85. The van der Waals surface area contributed by atoms with E-state index in [-0.39, 0.29) is 24.1 Å². The Labute approximate surface area is 198 Å². The van der Waals surface area contributed by atoms with Gasteiger partial charge in [-0.3, -0.25) is 0 Å². The van der Waals surface area contributed by atoms with Gasteiger partial charge in [0, 0.05) is 24.8 Å². The fourth-order valence-corrected chi connectivity index (χ4v) is 4.19. The van der Waals surface area contributed by atoms with Crippen LogP contribution >= 0.6 is 0 Å². The summed E-state index contributed by atoms with van der Waals surface area (Å²) in [5.74, 6) is 0.0688. The van der Waals surface area contributed by atoms with Crippen molar-refractivity contribution in [1.82, 2.24) is 0 Å². The zero-order chi connectivity index (χ0) is 24.4. The molecule has 5 heteroatoms. The lowest BCUT2D eigenvalue weighted by atomic mass is 10.00. The van der Waals surface area contributed by atoms with E-state index in [2.05, 4.69) is 19.9 Å². The van der Waals surface area contributed by atoms with Crippen LogP contribution in [0.2, 0.25) is 0 Å². The van der Waals surface area contributed by atoms with Gasteiger partial charge in [-0.25, -0.2) is 4.79 Å². The van der Waals surface area contributed by atoms with E-state index >= 15 is 0 Å². The van der Waals surface area contributed by atoms with Crippen molar-refractivity contribution in [3.63, 3.8) is 0 Å². The molecule has 0 aromatic heterocycles. The van der Waals surface area contributed by atoms with Crippen molar-refractivity contribution in [2.24, 2.45) is 11.8 Å². The normalized spacial score (nSPS) is 31.5. The summed E-state index contributed by atoms with van der Waals surface area (Å²) in [4.78, 5) is 11.3. The van der Waals surface area contributed by atoms with Crippen molar-refractivity contribution in [3.05, 3.63) is 71.9 Å². The van der Waals surface area contributed by atoms with Gasteiger partial charge in [-0.05, 0) is 39.2 Å². The van der Waals surface area contributed by atoms with Crippen LogP contribution in [0.5, 0.6) is 0 Å². The van der Waals surface area contributed by atoms with Gasteiger partial charge in [-0.1, -0.05) is 73.6 Å². The van der Waals surface area contributed by atoms with Crippen LogP contribution in [-0.4, -0.2) is 46.7 Å². The standard InChI is InChI=1S/C28H40O5/c1-6-9-26-22(5)25(30)18-27(33-26)24(29)12-7-10-19(2)16-21(4)17-20(3)14-15-23-11-8-13-28(31)32-23/h6-10,12-15,17,21-27,29-30H,11,16,18H2,1-5H3/b9-6+,12-7+,15-14+,19-10+,20-17-/t21?,22-,23?,24?,25+,26-,27-/m1/s1/i14+1,16+1,17+1,25+1. The Bertz CT molecular complexity index is 816. The molecular weight excluding hydrogens is 420 g/mol. The number of hydrogen-bond donors (Lipinski definition) is 2. The van der Waals surface area contributed by atoms with Crippen LogP contribution in [-0.2, 0) is 14.3 Å². The molecule has 2 N–H and O–H groups in total. The molecule has 2 aliphatic rings. The number of ether oxygens (including phenoxy) is 2. The number of rotatable bonds is 9. The summed E-state index contributed by atoms with van der Waals surface area (Å²) < 4.78 is 11.2. The molecule has 0 spiro atoms. The smallest absolute Gasteiger partial charge is 0.331 e. The first kappa shape index (κ1) is 27.0. The van der Waals surface area contributed by atoms with Gasteiger partial charge in [-0.2, -0.15) is 0 Å². The Hall–Kier alpha value is -2.21. The molecule has 0 saturated carbocycles. The average molecular weight is 461 g/mol. The quantitative estimate of drug-likeness (QED) is 0.220. The number of esters is 1. The van der Waals surface area contributed by atoms with Gasteiger partial charge in [0.05, 0.1) is 24.4 Å². The highest BCUT2D eigenvalue weighted by Gasteiger charge is 2.35. The molecule has 2 rings (SSSR count). The minimum atomic E-state index is -0.766. The zero-order valence-electron chi connectivity index (χ0n) is 20.6. The monoisotopic (exact) mass is 460 g/mol. The van der Waals surface area contributed by atoms with Crippen molar-refractivity contribution in [3.8, 4) is 0 Å². The number of allylic oxidation sites excluding steroid dienone is 7. The Morgan fingerprint density at radius 2 is 2.06 bits per heavy atom. The van der Waals surface area contributed by atoms with Gasteiger partial charge in [0.1, 0.15) is 6.10 Å². The fraction of sp³-hybridized carbons (Fsp3) is 0.536. The molecule has 7 atom stereocenters. The predicted octanol–water partition coefficient (Wildman–Crippen LogP) is 4.98. The van der Waals surface area contributed by atoms with Crippen LogP contribution < -0.4 is 0 Å². The number of aliphatic hydroxyl groups excluding tert-OH is 2. The molecular formula is C28H40O5. The van der Waals surface area contributed by atoms with Crippen LogP contribution in [0, 0.1) is 11.8 Å². The summed E-state index contributed by atoms with van der Waals surface area (Å²) in [5, 5.41) is 20.8. The highest BCUT2D eigenvalue weighted by molar-refractivity contribution is 5.82. The second-order valence-corrected chi connectivity index (χ2v) is 9.28. The van der Waals surface area contributed by atoms with E-state index in [0.717, 1.165) is 12.0 Å². The van der Waals surface area contributed by atoms with Gasteiger partial charge >= 0.3 is 5.97 Å². The van der Waals surface area contributed by atoms with Crippen LogP contribution in [0.25, 0.3) is 0 Å². The molecule has 2 heterocycles. The van der Waals surface area contributed by atoms with E-state index in [1.54, 1.807) is 6.08 Å². The highest BCUT2D eigenvalue weighted by atomic mass is 16.5. The molecule has 2 aliphatic heterocycles. The van der Waals surface area contributed by atoms with Gasteiger partial charge < -0.3 is 19.7 Å². The molecule has 0 aromatic carbocycles. The van der Waals surface area contributed by atoms with Crippen LogP contribution in [0.15, 0.2) is 71.9 Å². The number of cyclic esters (lactones) is 1. The first-order valence-corrected chi connectivity index (χ1v) is 11.9. The molecule has 0 amide bonds. The zero-order valence-corrected chi connectivity index (χ0v) is 20.6. The number of aliphatic hydroxyl groups is 2. The number of carbonyl (C=O) groups is 1. The third-order valence-corrected chi connectivity index (χ3v) is 6.04.